The molecule has 0 aliphatic heterocycles. The van der Waals surface area contributed by atoms with Gasteiger partial charge in [0.25, 0.3) is 0 Å². The lowest BCUT2D eigenvalue weighted by atomic mass is 9.89. The average molecular weight is 277 g/mol. The molecule has 0 spiro atoms. The van der Waals surface area contributed by atoms with Gasteiger partial charge >= 0.3 is 0 Å². The van der Waals surface area contributed by atoms with Crippen LogP contribution in [0.2, 0.25) is 0 Å². The third-order valence-corrected chi connectivity index (χ3v) is 4.28. The molecule has 0 fully saturated rings. The predicted molar refractivity (Wildman–Crippen MR) is 85.2 cm³/mol. The Kier molecular flexibility index (Phi) is 5.37. The van der Waals surface area contributed by atoms with E-state index in [1.165, 1.54) is 16.5 Å². The normalized spacial score (nSPS) is 12.2. The highest BCUT2D eigenvalue weighted by molar-refractivity contribution is 5.82. The molecule has 0 saturated carbocycles. The van der Waals surface area contributed by atoms with Gasteiger partial charge in [0.1, 0.15) is 0 Å². The summed E-state index contributed by atoms with van der Waals surface area (Å²) in [4.78, 5) is 3.16. The Balaban J connectivity index is 0.000000200. The molecule has 0 aliphatic carbocycles. The van der Waals surface area contributed by atoms with Gasteiger partial charge in [0.2, 0.25) is 0 Å². The van der Waals surface area contributed by atoms with Crippen molar-refractivity contribution in [3.05, 3.63) is 36.0 Å². The first-order chi connectivity index (χ1) is 9.25. The third-order valence-electron chi connectivity index (χ3n) is 4.28. The number of fused-ring (bicyclic) bond motifs is 1. The van der Waals surface area contributed by atoms with Crippen molar-refractivity contribution in [2.45, 2.75) is 45.8 Å². The molecule has 2 rings (SSSR count). The van der Waals surface area contributed by atoms with E-state index in [0.717, 1.165) is 0 Å². The van der Waals surface area contributed by atoms with E-state index in [2.05, 4.69) is 36.2 Å². The highest BCUT2D eigenvalue weighted by Crippen LogP contribution is 2.27. The summed E-state index contributed by atoms with van der Waals surface area (Å²) in [7, 11) is 3.39. The van der Waals surface area contributed by atoms with Crippen LogP contribution in [-0.4, -0.2) is 30.4 Å². The SMILES string of the molecule is COC(C)(C)C(C)(C)OC.Cc1cccc2[nH]ccc12. The van der Waals surface area contributed by atoms with Crippen LogP contribution >= 0.6 is 0 Å². The van der Waals surface area contributed by atoms with E-state index in [1.54, 1.807) is 14.2 Å². The van der Waals surface area contributed by atoms with Crippen LogP contribution in [0.3, 0.4) is 0 Å². The molecule has 0 bridgehead atoms. The van der Waals surface area contributed by atoms with Crippen molar-refractivity contribution in [1.29, 1.82) is 0 Å². The Labute approximate surface area is 122 Å². The Morgan fingerprint density at radius 3 is 1.90 bits per heavy atom. The van der Waals surface area contributed by atoms with E-state index in [0.29, 0.717) is 0 Å². The topological polar surface area (TPSA) is 34.2 Å². The number of nitrogens with one attached hydrogen (secondary N) is 1. The van der Waals surface area contributed by atoms with Crippen LogP contribution in [0.25, 0.3) is 10.9 Å². The van der Waals surface area contributed by atoms with Crippen molar-refractivity contribution in [1.82, 2.24) is 4.98 Å². The molecule has 0 atom stereocenters. The van der Waals surface area contributed by atoms with Gasteiger partial charge in [-0.15, -0.1) is 0 Å². The first-order valence-electron chi connectivity index (χ1n) is 6.88. The van der Waals surface area contributed by atoms with E-state index in [4.69, 9.17) is 9.47 Å². The molecule has 0 saturated heterocycles. The van der Waals surface area contributed by atoms with Gasteiger partial charge in [0.05, 0.1) is 11.2 Å². The number of methoxy groups -OCH3 is 2. The highest BCUT2D eigenvalue weighted by atomic mass is 16.5. The standard InChI is InChI=1S/C9H9N.C8H18O2/c1-7-3-2-4-9-8(7)5-6-10-9;1-7(2,9-5)8(3,4)10-6/h2-6,10H,1H3;1-6H3. The molecule has 1 N–H and O–H groups in total. The Hall–Kier alpha value is -1.32. The van der Waals surface area contributed by atoms with Gasteiger partial charge in [-0.2, -0.15) is 0 Å². The Morgan fingerprint density at radius 1 is 0.900 bits per heavy atom. The number of aryl methyl sites for hydroxylation is 1. The summed E-state index contributed by atoms with van der Waals surface area (Å²) in [6.07, 6.45) is 1.97. The number of ether oxygens (including phenoxy) is 2. The number of aromatic nitrogens is 1. The molecule has 0 unspecified atom stereocenters. The van der Waals surface area contributed by atoms with Crippen molar-refractivity contribution in [3.63, 3.8) is 0 Å². The third kappa shape index (κ3) is 3.62. The molecule has 0 radical (unpaired) electrons. The summed E-state index contributed by atoms with van der Waals surface area (Å²) < 4.78 is 10.5. The second-order valence-electron chi connectivity index (χ2n) is 5.94. The summed E-state index contributed by atoms with van der Waals surface area (Å²) in [6, 6.07) is 8.37. The zero-order valence-corrected chi connectivity index (χ0v) is 13.7. The fourth-order valence-electron chi connectivity index (χ4n) is 1.73. The molecule has 3 nitrogen and oxygen atoms in total. The van der Waals surface area contributed by atoms with Gasteiger partial charge < -0.3 is 14.5 Å². The van der Waals surface area contributed by atoms with Crippen LogP contribution in [0, 0.1) is 6.92 Å². The molecular weight excluding hydrogens is 250 g/mol. The maximum atomic E-state index is 5.27. The molecule has 112 valence electrons. The summed E-state index contributed by atoms with van der Waals surface area (Å²) in [5, 5.41) is 1.32. The van der Waals surface area contributed by atoms with Gasteiger partial charge in [-0.1, -0.05) is 12.1 Å². The number of H-pyrrole nitrogens is 1. The van der Waals surface area contributed by atoms with Crippen molar-refractivity contribution in [3.8, 4) is 0 Å². The number of hydrogen-bond acceptors (Lipinski definition) is 2. The van der Waals surface area contributed by atoms with E-state index < -0.39 is 0 Å². The van der Waals surface area contributed by atoms with Crippen LogP contribution in [0.15, 0.2) is 30.5 Å². The average Bonchev–Trinajstić information content (AvgIpc) is 2.89. The second-order valence-corrected chi connectivity index (χ2v) is 5.94. The predicted octanol–water partition coefficient (Wildman–Crippen LogP) is 4.31. The first kappa shape index (κ1) is 16.7. The molecule has 1 aromatic carbocycles. The van der Waals surface area contributed by atoms with E-state index >= 15 is 0 Å². The summed E-state index contributed by atoms with van der Waals surface area (Å²) >= 11 is 0. The lowest BCUT2D eigenvalue weighted by Gasteiger charge is -2.38. The molecule has 20 heavy (non-hydrogen) atoms. The zero-order chi connectivity index (χ0) is 15.4. The van der Waals surface area contributed by atoms with Gasteiger partial charge in [0, 0.05) is 31.3 Å². The summed E-state index contributed by atoms with van der Waals surface area (Å²) in [6.45, 7) is 10.2. The fourth-order valence-corrected chi connectivity index (χ4v) is 1.73. The van der Waals surface area contributed by atoms with Crippen molar-refractivity contribution in [2.75, 3.05) is 14.2 Å². The van der Waals surface area contributed by atoms with Gasteiger partial charge in [-0.25, -0.2) is 0 Å². The van der Waals surface area contributed by atoms with E-state index in [9.17, 15) is 0 Å². The van der Waals surface area contributed by atoms with Gasteiger partial charge in [0.15, 0.2) is 0 Å². The number of aromatic amines is 1. The molecule has 1 aromatic heterocycles. The number of rotatable bonds is 3. The van der Waals surface area contributed by atoms with Crippen molar-refractivity contribution < 1.29 is 9.47 Å². The Morgan fingerprint density at radius 2 is 1.45 bits per heavy atom. The van der Waals surface area contributed by atoms with Gasteiger partial charge in [-0.05, 0) is 52.3 Å². The second kappa shape index (κ2) is 6.42. The quantitative estimate of drug-likeness (QED) is 0.907. The number of hydrogen-bond donors (Lipinski definition) is 1. The van der Waals surface area contributed by atoms with Crippen LogP contribution in [-0.2, 0) is 9.47 Å². The zero-order valence-electron chi connectivity index (χ0n) is 13.7. The maximum Gasteiger partial charge on any atom is 0.0905 e. The number of benzene rings is 1. The molecule has 0 aliphatic rings. The minimum Gasteiger partial charge on any atom is -0.376 e. The minimum absolute atomic E-state index is 0.234. The lowest BCUT2D eigenvalue weighted by Crippen LogP contribution is -2.48. The van der Waals surface area contributed by atoms with Crippen molar-refractivity contribution in [2.24, 2.45) is 0 Å². The largest absolute Gasteiger partial charge is 0.376 e. The monoisotopic (exact) mass is 277 g/mol. The lowest BCUT2D eigenvalue weighted by molar-refractivity contribution is -0.147. The summed E-state index contributed by atoms with van der Waals surface area (Å²) in [5.41, 5.74) is 2.09. The molecule has 0 amide bonds. The van der Waals surface area contributed by atoms with Gasteiger partial charge in [-0.3, -0.25) is 0 Å². The van der Waals surface area contributed by atoms with E-state index in [1.807, 2.05) is 33.9 Å². The molecular formula is C17H27NO2. The van der Waals surface area contributed by atoms with Crippen LogP contribution in [0.5, 0.6) is 0 Å². The first-order valence-corrected chi connectivity index (χ1v) is 6.88. The minimum atomic E-state index is -0.234. The summed E-state index contributed by atoms with van der Waals surface area (Å²) in [5.74, 6) is 0. The smallest absolute Gasteiger partial charge is 0.0905 e. The Bertz CT molecular complexity index is 527. The molecule has 2 aromatic rings. The van der Waals surface area contributed by atoms with Crippen LogP contribution < -0.4 is 0 Å². The highest BCUT2D eigenvalue weighted by Gasteiger charge is 2.36. The van der Waals surface area contributed by atoms with Crippen molar-refractivity contribution >= 4 is 10.9 Å². The maximum absolute atomic E-state index is 5.27. The molecule has 1 heterocycles. The van der Waals surface area contributed by atoms with E-state index in [-0.39, 0.29) is 11.2 Å². The van der Waals surface area contributed by atoms with Crippen LogP contribution in [0.1, 0.15) is 33.3 Å². The van der Waals surface area contributed by atoms with Crippen LogP contribution in [0.4, 0.5) is 0 Å². The molecule has 3 heteroatoms. The fraction of sp³-hybridized carbons (Fsp3) is 0.529.